The van der Waals surface area contributed by atoms with Crippen molar-refractivity contribution in [2.24, 2.45) is 5.92 Å². The van der Waals surface area contributed by atoms with Gasteiger partial charge in [-0.25, -0.2) is 0 Å². The highest BCUT2D eigenvalue weighted by molar-refractivity contribution is 5.81. The highest BCUT2D eigenvalue weighted by Gasteiger charge is 2.22. The van der Waals surface area contributed by atoms with Gasteiger partial charge in [-0.15, -0.1) is 0 Å². The first-order valence-electron chi connectivity index (χ1n) is 8.50. The van der Waals surface area contributed by atoms with Gasteiger partial charge in [-0.3, -0.25) is 14.4 Å². The largest absolute Gasteiger partial charge is 0.366 e. The molecule has 2 N–H and O–H groups in total. The summed E-state index contributed by atoms with van der Waals surface area (Å²) >= 11 is 0. The molecule has 1 unspecified atom stereocenters. The third kappa shape index (κ3) is 4.31. The van der Waals surface area contributed by atoms with E-state index in [1.807, 2.05) is 0 Å². The van der Waals surface area contributed by atoms with E-state index in [0.29, 0.717) is 25.6 Å². The standard InChI is InChI=1S/C16H27N5O2/c1-12(2)10-20-4-5-21-14(11-20)7-13(19-21)8-18-16(22)15-9-17-3-6-23-15/h7,12,15,17H,3-6,8-11H2,1-2H3,(H,18,22). The third-order valence-electron chi connectivity index (χ3n) is 4.21. The molecule has 1 saturated heterocycles. The third-order valence-corrected chi connectivity index (χ3v) is 4.21. The molecule has 1 atom stereocenters. The summed E-state index contributed by atoms with van der Waals surface area (Å²) in [6.45, 7) is 10.9. The molecule has 7 nitrogen and oxygen atoms in total. The summed E-state index contributed by atoms with van der Waals surface area (Å²) in [6, 6.07) is 2.10. The van der Waals surface area contributed by atoms with Crippen molar-refractivity contribution in [3.05, 3.63) is 17.5 Å². The lowest BCUT2D eigenvalue weighted by atomic mass is 10.2. The zero-order valence-electron chi connectivity index (χ0n) is 14.0. The van der Waals surface area contributed by atoms with Gasteiger partial charge in [0, 0.05) is 32.7 Å². The van der Waals surface area contributed by atoms with Crippen molar-refractivity contribution in [3.8, 4) is 0 Å². The van der Waals surface area contributed by atoms with E-state index in [2.05, 4.69) is 45.2 Å². The highest BCUT2D eigenvalue weighted by atomic mass is 16.5. The van der Waals surface area contributed by atoms with Crippen molar-refractivity contribution in [1.29, 1.82) is 0 Å². The van der Waals surface area contributed by atoms with E-state index in [0.717, 1.165) is 38.4 Å². The number of hydrogen-bond donors (Lipinski definition) is 2. The summed E-state index contributed by atoms with van der Waals surface area (Å²) < 4.78 is 7.52. The molecule has 0 spiro atoms. The monoisotopic (exact) mass is 321 g/mol. The molecule has 7 heteroatoms. The zero-order chi connectivity index (χ0) is 16.2. The number of carbonyl (C=O) groups is 1. The lowest BCUT2D eigenvalue weighted by molar-refractivity contribution is -0.134. The predicted molar refractivity (Wildman–Crippen MR) is 86.8 cm³/mol. The molecular weight excluding hydrogens is 294 g/mol. The van der Waals surface area contributed by atoms with Crippen LogP contribution >= 0.6 is 0 Å². The van der Waals surface area contributed by atoms with Gasteiger partial charge >= 0.3 is 0 Å². The van der Waals surface area contributed by atoms with Crippen LogP contribution in [0.1, 0.15) is 25.2 Å². The van der Waals surface area contributed by atoms with E-state index in [1.54, 1.807) is 0 Å². The van der Waals surface area contributed by atoms with Crippen LogP contribution in [0.4, 0.5) is 0 Å². The minimum atomic E-state index is -0.387. The molecule has 2 aliphatic heterocycles. The van der Waals surface area contributed by atoms with Gasteiger partial charge < -0.3 is 15.4 Å². The molecule has 0 radical (unpaired) electrons. The van der Waals surface area contributed by atoms with Gasteiger partial charge in [0.05, 0.1) is 31.1 Å². The molecule has 1 aromatic rings. The summed E-state index contributed by atoms with van der Waals surface area (Å²) in [5.41, 5.74) is 2.15. The summed E-state index contributed by atoms with van der Waals surface area (Å²) in [4.78, 5) is 14.5. The number of nitrogens with zero attached hydrogens (tertiary/aromatic N) is 3. The van der Waals surface area contributed by atoms with Crippen LogP contribution in [0.15, 0.2) is 6.07 Å². The zero-order valence-corrected chi connectivity index (χ0v) is 14.0. The smallest absolute Gasteiger partial charge is 0.250 e. The minimum Gasteiger partial charge on any atom is -0.366 e. The molecule has 1 aromatic heterocycles. The van der Waals surface area contributed by atoms with Crippen LogP contribution in [-0.4, -0.2) is 59.5 Å². The number of ether oxygens (including phenoxy) is 1. The Balaban J connectivity index is 1.52. The number of aromatic nitrogens is 2. The first-order valence-corrected chi connectivity index (χ1v) is 8.50. The number of rotatable bonds is 5. The van der Waals surface area contributed by atoms with Crippen LogP contribution in [0.25, 0.3) is 0 Å². The molecule has 1 amide bonds. The first-order chi connectivity index (χ1) is 11.1. The second-order valence-corrected chi connectivity index (χ2v) is 6.76. The Morgan fingerprint density at radius 3 is 3.13 bits per heavy atom. The van der Waals surface area contributed by atoms with E-state index in [9.17, 15) is 4.79 Å². The van der Waals surface area contributed by atoms with Gasteiger partial charge in [-0.2, -0.15) is 5.10 Å². The fourth-order valence-corrected chi connectivity index (χ4v) is 3.16. The molecular formula is C16H27N5O2. The fraction of sp³-hybridized carbons (Fsp3) is 0.750. The lowest BCUT2D eigenvalue weighted by Crippen LogP contribution is -2.47. The molecule has 0 bridgehead atoms. The van der Waals surface area contributed by atoms with E-state index in [1.165, 1.54) is 5.69 Å². The highest BCUT2D eigenvalue weighted by Crippen LogP contribution is 2.15. The minimum absolute atomic E-state index is 0.0652. The molecule has 2 aliphatic rings. The van der Waals surface area contributed by atoms with Crippen LogP contribution in [-0.2, 0) is 29.2 Å². The molecule has 1 fully saturated rings. The van der Waals surface area contributed by atoms with Gasteiger partial charge in [-0.05, 0) is 12.0 Å². The first kappa shape index (κ1) is 16.4. The van der Waals surface area contributed by atoms with Crippen molar-refractivity contribution in [2.45, 2.75) is 39.6 Å². The number of amides is 1. The molecule has 3 heterocycles. The van der Waals surface area contributed by atoms with E-state index < -0.39 is 0 Å². The molecule has 0 saturated carbocycles. The second kappa shape index (κ2) is 7.42. The van der Waals surface area contributed by atoms with Gasteiger partial charge in [-0.1, -0.05) is 13.8 Å². The van der Waals surface area contributed by atoms with E-state index in [4.69, 9.17) is 4.74 Å². The molecule has 3 rings (SSSR count). The van der Waals surface area contributed by atoms with E-state index >= 15 is 0 Å². The summed E-state index contributed by atoms with van der Waals surface area (Å²) in [5, 5.41) is 10.7. The Morgan fingerprint density at radius 1 is 1.52 bits per heavy atom. The average Bonchev–Trinajstić information content (AvgIpc) is 2.95. The number of carbonyl (C=O) groups excluding carboxylic acids is 1. The number of nitrogens with one attached hydrogen (secondary N) is 2. The lowest BCUT2D eigenvalue weighted by Gasteiger charge is -2.28. The second-order valence-electron chi connectivity index (χ2n) is 6.76. The van der Waals surface area contributed by atoms with E-state index in [-0.39, 0.29) is 12.0 Å². The van der Waals surface area contributed by atoms with Gasteiger partial charge in [0.2, 0.25) is 0 Å². The maximum atomic E-state index is 12.1. The maximum Gasteiger partial charge on any atom is 0.250 e. The van der Waals surface area contributed by atoms with Crippen LogP contribution in [0.2, 0.25) is 0 Å². The topological polar surface area (TPSA) is 71.4 Å². The van der Waals surface area contributed by atoms with Crippen LogP contribution in [0.5, 0.6) is 0 Å². The number of fused-ring (bicyclic) bond motifs is 1. The Kier molecular flexibility index (Phi) is 5.30. The van der Waals surface area contributed by atoms with Crippen LogP contribution in [0.3, 0.4) is 0 Å². The van der Waals surface area contributed by atoms with Crippen LogP contribution < -0.4 is 10.6 Å². The SMILES string of the molecule is CC(C)CN1CCn2nc(CNC(=O)C3CNCCO3)cc2C1. The predicted octanol–water partition coefficient (Wildman–Crippen LogP) is -0.0407. The van der Waals surface area contributed by atoms with Gasteiger partial charge in [0.15, 0.2) is 0 Å². The molecule has 23 heavy (non-hydrogen) atoms. The van der Waals surface area contributed by atoms with Crippen molar-refractivity contribution < 1.29 is 9.53 Å². The Hall–Kier alpha value is -1.44. The Bertz CT molecular complexity index is 537. The fourth-order valence-electron chi connectivity index (χ4n) is 3.16. The van der Waals surface area contributed by atoms with Crippen LogP contribution in [0, 0.1) is 5.92 Å². The quantitative estimate of drug-likeness (QED) is 0.796. The summed E-state index contributed by atoms with van der Waals surface area (Å²) in [7, 11) is 0. The normalized spacial score (nSPS) is 22.1. The average molecular weight is 321 g/mol. The maximum absolute atomic E-state index is 12.1. The van der Waals surface area contributed by atoms with Gasteiger partial charge in [0.1, 0.15) is 6.10 Å². The van der Waals surface area contributed by atoms with Crippen molar-refractivity contribution >= 4 is 5.91 Å². The summed E-state index contributed by atoms with van der Waals surface area (Å²) in [5.74, 6) is 0.608. The molecule has 0 aliphatic carbocycles. The Labute approximate surface area is 137 Å². The summed E-state index contributed by atoms with van der Waals surface area (Å²) in [6.07, 6.45) is -0.387. The number of hydrogen-bond acceptors (Lipinski definition) is 5. The number of morpholine rings is 1. The Morgan fingerprint density at radius 2 is 2.39 bits per heavy atom. The van der Waals surface area contributed by atoms with Crippen molar-refractivity contribution in [1.82, 2.24) is 25.3 Å². The molecule has 128 valence electrons. The van der Waals surface area contributed by atoms with Crippen molar-refractivity contribution in [2.75, 3.05) is 32.8 Å². The van der Waals surface area contributed by atoms with Crippen molar-refractivity contribution in [3.63, 3.8) is 0 Å². The molecule has 0 aromatic carbocycles. The van der Waals surface area contributed by atoms with Gasteiger partial charge in [0.25, 0.3) is 5.91 Å².